The molecule has 166 valence electrons. The molecule has 31 heavy (non-hydrogen) atoms. The van der Waals surface area contributed by atoms with Crippen molar-refractivity contribution >= 4 is 26.7 Å². The summed E-state index contributed by atoms with van der Waals surface area (Å²) in [4.78, 5) is 19.4. The van der Waals surface area contributed by atoms with Crippen LogP contribution in [-0.2, 0) is 26.9 Å². The van der Waals surface area contributed by atoms with Gasteiger partial charge in [0, 0.05) is 30.6 Å². The molecule has 3 aromatic heterocycles. The highest BCUT2D eigenvalue weighted by Crippen LogP contribution is 2.25. The maximum Gasteiger partial charge on any atom is 0.180 e. The van der Waals surface area contributed by atoms with Gasteiger partial charge in [0.2, 0.25) is 0 Å². The maximum absolute atomic E-state index is 12.3. The Hall–Kier alpha value is -2.56. The van der Waals surface area contributed by atoms with E-state index in [4.69, 9.17) is 20.4 Å². The van der Waals surface area contributed by atoms with Gasteiger partial charge in [-0.05, 0) is 24.6 Å². The molecule has 1 aliphatic heterocycles. The molecule has 0 bridgehead atoms. The highest BCUT2D eigenvalue weighted by atomic mass is 32.2. The van der Waals surface area contributed by atoms with Crippen LogP contribution in [0.25, 0.3) is 22.6 Å². The van der Waals surface area contributed by atoms with Crippen LogP contribution >= 0.6 is 0 Å². The van der Waals surface area contributed by atoms with Crippen molar-refractivity contribution in [2.45, 2.75) is 38.6 Å². The van der Waals surface area contributed by atoms with E-state index in [2.05, 4.69) is 21.8 Å². The Bertz CT molecular complexity index is 1180. The molecule has 0 saturated carbocycles. The molecule has 0 aliphatic carbocycles. The lowest BCUT2D eigenvalue weighted by atomic mass is 10.1. The predicted molar refractivity (Wildman–Crippen MR) is 120 cm³/mol. The van der Waals surface area contributed by atoms with Crippen LogP contribution in [0.15, 0.2) is 24.3 Å². The van der Waals surface area contributed by atoms with E-state index in [-0.39, 0.29) is 17.5 Å². The largest absolute Gasteiger partial charge is 0.377 e. The third-order valence-corrected chi connectivity index (χ3v) is 7.16. The van der Waals surface area contributed by atoms with E-state index >= 15 is 0 Å². The summed E-state index contributed by atoms with van der Waals surface area (Å²) >= 11 is 0. The Morgan fingerprint density at radius 3 is 2.81 bits per heavy atom. The zero-order valence-corrected chi connectivity index (χ0v) is 18.7. The number of sulfone groups is 1. The lowest BCUT2D eigenvalue weighted by Gasteiger charge is -2.36. The molecule has 1 unspecified atom stereocenters. The number of rotatable bonds is 7. The quantitative estimate of drug-likeness (QED) is 0.567. The standard InChI is InChI=1S/C21H28N6O3S/c1-3-16-12-30-8-7-27(16)20-10-15(13-31(28,29)4-2)24-21(26-20)18-6-5-17-19(25-18)9-14(11-22)23-17/h5-6,9-10,16,23H,3-4,7-8,11-13,22H2,1-2H3. The number of fused-ring (bicyclic) bond motifs is 1. The summed E-state index contributed by atoms with van der Waals surface area (Å²) in [6, 6.07) is 7.62. The summed E-state index contributed by atoms with van der Waals surface area (Å²) in [5.74, 6) is 1.06. The molecule has 9 nitrogen and oxygen atoms in total. The van der Waals surface area contributed by atoms with E-state index < -0.39 is 9.84 Å². The number of ether oxygens (including phenoxy) is 1. The van der Waals surface area contributed by atoms with Crippen LogP contribution < -0.4 is 10.6 Å². The molecule has 0 aromatic carbocycles. The molecule has 1 saturated heterocycles. The van der Waals surface area contributed by atoms with Crippen LogP contribution in [0.2, 0.25) is 0 Å². The average Bonchev–Trinajstić information content (AvgIpc) is 3.21. The van der Waals surface area contributed by atoms with Crippen molar-refractivity contribution < 1.29 is 13.2 Å². The Kier molecular flexibility index (Phi) is 6.22. The minimum absolute atomic E-state index is 0.0617. The number of nitrogens with one attached hydrogen (secondary N) is 1. The molecule has 4 heterocycles. The van der Waals surface area contributed by atoms with Crippen molar-refractivity contribution in [3.05, 3.63) is 35.7 Å². The van der Waals surface area contributed by atoms with E-state index in [9.17, 15) is 8.42 Å². The Morgan fingerprint density at radius 2 is 2.06 bits per heavy atom. The highest BCUT2D eigenvalue weighted by Gasteiger charge is 2.25. The second-order valence-electron chi connectivity index (χ2n) is 7.68. The first-order valence-electron chi connectivity index (χ1n) is 10.5. The van der Waals surface area contributed by atoms with E-state index in [0.29, 0.717) is 49.3 Å². The Morgan fingerprint density at radius 1 is 1.23 bits per heavy atom. The maximum atomic E-state index is 12.3. The van der Waals surface area contributed by atoms with Crippen molar-refractivity contribution in [3.8, 4) is 11.5 Å². The second-order valence-corrected chi connectivity index (χ2v) is 10.0. The van der Waals surface area contributed by atoms with Gasteiger partial charge in [-0.3, -0.25) is 0 Å². The number of pyridine rings is 1. The molecule has 1 aliphatic rings. The van der Waals surface area contributed by atoms with E-state index in [1.807, 2.05) is 18.2 Å². The number of nitrogens with zero attached hydrogens (tertiary/aromatic N) is 4. The van der Waals surface area contributed by atoms with Gasteiger partial charge in [0.1, 0.15) is 11.5 Å². The summed E-state index contributed by atoms with van der Waals surface area (Å²) in [6.07, 6.45) is 0.900. The highest BCUT2D eigenvalue weighted by molar-refractivity contribution is 7.90. The summed E-state index contributed by atoms with van der Waals surface area (Å²) in [6.45, 7) is 6.06. The number of aromatic amines is 1. The van der Waals surface area contributed by atoms with E-state index in [0.717, 1.165) is 23.1 Å². The lowest BCUT2D eigenvalue weighted by molar-refractivity contribution is 0.0925. The van der Waals surface area contributed by atoms with Crippen molar-refractivity contribution in [2.24, 2.45) is 5.73 Å². The van der Waals surface area contributed by atoms with Gasteiger partial charge < -0.3 is 20.4 Å². The molecule has 3 aromatic rings. The number of H-pyrrole nitrogens is 1. The van der Waals surface area contributed by atoms with Gasteiger partial charge >= 0.3 is 0 Å². The summed E-state index contributed by atoms with van der Waals surface area (Å²) < 4.78 is 30.2. The third kappa shape index (κ3) is 4.70. The Labute approximate surface area is 182 Å². The SMILES string of the molecule is CCC1COCCN1c1cc(CS(=O)(=O)CC)nc(-c2ccc3[nH]c(CN)cc3n2)n1. The van der Waals surface area contributed by atoms with E-state index in [1.54, 1.807) is 13.0 Å². The van der Waals surface area contributed by atoms with E-state index in [1.165, 1.54) is 0 Å². The van der Waals surface area contributed by atoms with Crippen LogP contribution in [0, 0.1) is 0 Å². The van der Waals surface area contributed by atoms with Crippen molar-refractivity contribution in [3.63, 3.8) is 0 Å². The zero-order valence-electron chi connectivity index (χ0n) is 17.8. The van der Waals surface area contributed by atoms with Crippen molar-refractivity contribution in [1.29, 1.82) is 0 Å². The number of nitrogens with two attached hydrogens (primary N) is 1. The molecule has 0 spiro atoms. The molecule has 4 rings (SSSR count). The zero-order chi connectivity index (χ0) is 22.0. The summed E-state index contributed by atoms with van der Waals surface area (Å²) in [7, 11) is -3.25. The van der Waals surface area contributed by atoms with Gasteiger partial charge in [-0.2, -0.15) is 0 Å². The first-order valence-corrected chi connectivity index (χ1v) is 12.4. The molecule has 0 amide bonds. The van der Waals surface area contributed by atoms with Gasteiger partial charge in [-0.1, -0.05) is 13.8 Å². The fourth-order valence-corrected chi connectivity index (χ4v) is 4.54. The van der Waals surface area contributed by atoms with Crippen LogP contribution in [0.5, 0.6) is 0 Å². The fraction of sp³-hybridized carbons (Fsp3) is 0.476. The van der Waals surface area contributed by atoms with Crippen molar-refractivity contribution in [1.82, 2.24) is 19.9 Å². The van der Waals surface area contributed by atoms with Gasteiger partial charge in [-0.15, -0.1) is 0 Å². The number of aromatic nitrogens is 4. The first kappa shape index (κ1) is 21.7. The summed E-state index contributed by atoms with van der Waals surface area (Å²) in [5.41, 5.74) is 9.34. The molecular weight excluding hydrogens is 416 g/mol. The molecular formula is C21H28N6O3S. The topological polar surface area (TPSA) is 127 Å². The number of anilines is 1. The minimum Gasteiger partial charge on any atom is -0.377 e. The smallest absolute Gasteiger partial charge is 0.180 e. The monoisotopic (exact) mass is 444 g/mol. The third-order valence-electron chi connectivity index (χ3n) is 5.55. The minimum atomic E-state index is -3.25. The molecule has 0 radical (unpaired) electrons. The first-order chi connectivity index (χ1) is 14.9. The van der Waals surface area contributed by atoms with Gasteiger partial charge in [0.05, 0.1) is 41.7 Å². The van der Waals surface area contributed by atoms with Crippen LogP contribution in [0.3, 0.4) is 0 Å². The van der Waals surface area contributed by atoms with Gasteiger partial charge in [-0.25, -0.2) is 23.4 Å². The normalized spacial score (nSPS) is 17.4. The fourth-order valence-electron chi connectivity index (χ4n) is 3.74. The number of morpholine rings is 1. The van der Waals surface area contributed by atoms with Crippen LogP contribution in [0.1, 0.15) is 31.7 Å². The Balaban J connectivity index is 1.80. The van der Waals surface area contributed by atoms with Crippen LogP contribution in [0.4, 0.5) is 5.82 Å². The second kappa shape index (κ2) is 8.89. The van der Waals surface area contributed by atoms with Gasteiger partial charge in [0.25, 0.3) is 0 Å². The van der Waals surface area contributed by atoms with Gasteiger partial charge in [0.15, 0.2) is 15.7 Å². The predicted octanol–water partition coefficient (Wildman–Crippen LogP) is 2.03. The molecule has 1 fully saturated rings. The molecule has 3 N–H and O–H groups in total. The lowest BCUT2D eigenvalue weighted by Crippen LogP contribution is -2.45. The number of hydrogen-bond donors (Lipinski definition) is 2. The van der Waals surface area contributed by atoms with Crippen LogP contribution in [-0.4, -0.2) is 59.9 Å². The molecule has 10 heteroatoms. The van der Waals surface area contributed by atoms with Crippen molar-refractivity contribution in [2.75, 3.05) is 30.4 Å². The molecule has 1 atom stereocenters. The number of hydrogen-bond acceptors (Lipinski definition) is 8. The summed E-state index contributed by atoms with van der Waals surface area (Å²) in [5, 5.41) is 0. The average molecular weight is 445 g/mol.